The molecule has 1 unspecified atom stereocenters. The molecule has 1 N–H and O–H groups in total. The molecule has 164 valence electrons. The monoisotopic (exact) mass is 412 g/mol. The highest BCUT2D eigenvalue weighted by Crippen LogP contribution is 2.41. The van der Waals surface area contributed by atoms with Gasteiger partial charge in [0.05, 0.1) is 6.61 Å². The predicted octanol–water partition coefficient (Wildman–Crippen LogP) is 5.67. The highest BCUT2D eigenvalue weighted by atomic mass is 28.4. The molecule has 0 aromatic heterocycles. The van der Waals surface area contributed by atoms with Crippen LogP contribution in [-0.2, 0) is 13.9 Å². The van der Waals surface area contributed by atoms with Crippen LogP contribution in [0.4, 0.5) is 0 Å². The second kappa shape index (κ2) is 13.2. The number of hydrogen-bond acceptors (Lipinski definition) is 4. The molecule has 0 amide bonds. The summed E-state index contributed by atoms with van der Waals surface area (Å²) in [6, 6.07) is 3.64. The molecule has 4 atom stereocenters. The molecule has 1 heterocycles. The van der Waals surface area contributed by atoms with E-state index in [-0.39, 0.29) is 6.29 Å². The van der Waals surface area contributed by atoms with Crippen molar-refractivity contribution in [2.24, 2.45) is 11.8 Å². The first-order chi connectivity index (χ1) is 13.7. The molecule has 0 spiro atoms. The van der Waals surface area contributed by atoms with Crippen molar-refractivity contribution < 1.29 is 19.0 Å². The van der Waals surface area contributed by atoms with Crippen LogP contribution in [0.2, 0.25) is 18.1 Å². The molecule has 1 saturated carbocycles. The summed E-state index contributed by atoms with van der Waals surface area (Å²) in [5, 5.41) is 9.49. The van der Waals surface area contributed by atoms with E-state index in [0.29, 0.717) is 24.5 Å². The summed E-state index contributed by atoms with van der Waals surface area (Å²) in [6.07, 6.45) is 13.7. The Bertz CT molecular complexity index is 424. The van der Waals surface area contributed by atoms with Gasteiger partial charge in [-0.05, 0) is 81.3 Å². The molecule has 1 aliphatic carbocycles. The lowest BCUT2D eigenvalue weighted by atomic mass is 9.89. The Morgan fingerprint density at radius 2 is 1.82 bits per heavy atom. The summed E-state index contributed by atoms with van der Waals surface area (Å²) in [4.78, 5) is 0. The first kappa shape index (κ1) is 24.1. The van der Waals surface area contributed by atoms with Crippen LogP contribution in [0.5, 0.6) is 0 Å². The zero-order valence-electron chi connectivity index (χ0n) is 18.5. The molecule has 2 fully saturated rings. The maximum absolute atomic E-state index is 9.49. The van der Waals surface area contributed by atoms with Crippen molar-refractivity contribution >= 4 is 8.32 Å². The first-order valence-electron chi connectivity index (χ1n) is 11.8. The van der Waals surface area contributed by atoms with Gasteiger partial charge < -0.3 is 19.0 Å². The van der Waals surface area contributed by atoms with Crippen LogP contribution in [-0.4, -0.2) is 45.6 Å². The Hall–Kier alpha value is -0.203. The van der Waals surface area contributed by atoms with Gasteiger partial charge in [0.2, 0.25) is 0 Å². The van der Waals surface area contributed by atoms with E-state index >= 15 is 0 Å². The average molecular weight is 413 g/mol. The number of ether oxygens (including phenoxy) is 2. The summed E-state index contributed by atoms with van der Waals surface area (Å²) in [6.45, 7) is 8.81. The maximum atomic E-state index is 9.49. The summed E-state index contributed by atoms with van der Waals surface area (Å²) >= 11 is 0. The van der Waals surface area contributed by atoms with E-state index < -0.39 is 8.32 Å². The Morgan fingerprint density at radius 1 is 1.04 bits per heavy atom. The number of aliphatic hydroxyl groups excluding tert-OH is 1. The van der Waals surface area contributed by atoms with Gasteiger partial charge in [0.15, 0.2) is 14.6 Å². The van der Waals surface area contributed by atoms with Gasteiger partial charge in [-0.1, -0.05) is 32.9 Å². The van der Waals surface area contributed by atoms with Gasteiger partial charge in [-0.15, -0.1) is 0 Å². The van der Waals surface area contributed by atoms with Crippen LogP contribution >= 0.6 is 0 Å². The highest BCUT2D eigenvalue weighted by Gasteiger charge is 2.40. The number of rotatable bonds is 13. The Kier molecular flexibility index (Phi) is 11.3. The SMILES string of the molecule is CC[Si](CC)(CC)O[C@@H]1CC[C@H](CCO)[C@H]1C/C=C\CCOC1CCCCO1. The second-order valence-electron chi connectivity index (χ2n) is 8.58. The smallest absolute Gasteiger partial charge is 0.192 e. The molecule has 1 saturated heterocycles. The zero-order valence-corrected chi connectivity index (χ0v) is 19.5. The van der Waals surface area contributed by atoms with Crippen LogP contribution in [0, 0.1) is 11.8 Å². The summed E-state index contributed by atoms with van der Waals surface area (Å²) in [7, 11) is -1.58. The van der Waals surface area contributed by atoms with Gasteiger partial charge in [0.25, 0.3) is 0 Å². The lowest BCUT2D eigenvalue weighted by Crippen LogP contribution is -2.41. The van der Waals surface area contributed by atoms with Crippen molar-refractivity contribution in [3.8, 4) is 0 Å². The summed E-state index contributed by atoms with van der Waals surface area (Å²) in [5.74, 6) is 1.16. The Morgan fingerprint density at radius 3 is 2.46 bits per heavy atom. The van der Waals surface area contributed by atoms with Crippen LogP contribution in [0.1, 0.15) is 72.1 Å². The zero-order chi connectivity index (χ0) is 20.2. The minimum atomic E-state index is -1.58. The van der Waals surface area contributed by atoms with Gasteiger partial charge in [0.1, 0.15) is 0 Å². The van der Waals surface area contributed by atoms with Crippen LogP contribution < -0.4 is 0 Å². The third-order valence-electron chi connectivity index (χ3n) is 7.04. The number of aliphatic hydroxyl groups is 1. The van der Waals surface area contributed by atoms with Crippen molar-refractivity contribution in [3.05, 3.63) is 12.2 Å². The number of hydrogen-bond donors (Lipinski definition) is 1. The van der Waals surface area contributed by atoms with Gasteiger partial charge in [-0.25, -0.2) is 0 Å². The summed E-state index contributed by atoms with van der Waals surface area (Å²) < 4.78 is 18.3. The summed E-state index contributed by atoms with van der Waals surface area (Å²) in [5.41, 5.74) is 0. The maximum Gasteiger partial charge on any atom is 0.192 e. The van der Waals surface area contributed by atoms with Crippen LogP contribution in [0.15, 0.2) is 12.2 Å². The van der Waals surface area contributed by atoms with Crippen molar-refractivity contribution in [2.75, 3.05) is 19.8 Å². The average Bonchev–Trinajstić information content (AvgIpc) is 3.11. The Balaban J connectivity index is 1.81. The van der Waals surface area contributed by atoms with E-state index in [2.05, 4.69) is 32.9 Å². The molecule has 0 bridgehead atoms. The fraction of sp³-hybridized carbons (Fsp3) is 0.913. The normalized spacial score (nSPS) is 29.0. The van der Waals surface area contributed by atoms with Crippen molar-refractivity contribution in [2.45, 2.75) is 103 Å². The lowest BCUT2D eigenvalue weighted by Gasteiger charge is -2.35. The van der Waals surface area contributed by atoms with E-state index in [1.165, 1.54) is 37.4 Å². The fourth-order valence-electron chi connectivity index (χ4n) is 4.93. The highest BCUT2D eigenvalue weighted by molar-refractivity contribution is 6.73. The van der Waals surface area contributed by atoms with E-state index in [0.717, 1.165) is 45.3 Å². The van der Waals surface area contributed by atoms with Gasteiger partial charge >= 0.3 is 0 Å². The van der Waals surface area contributed by atoms with E-state index in [1.807, 2.05) is 0 Å². The molecular formula is C23H44O4Si. The standard InChI is InChI=1S/C23H44O4Si/c1-4-28(5-2,6-3)27-22-15-14-20(16-17-24)21(22)12-8-7-10-18-25-23-13-9-11-19-26-23/h7-8,20-24H,4-6,9-19H2,1-3H3/b8-7-/t20-,21-,22-,23?/m1/s1. The third kappa shape index (κ3) is 7.24. The molecule has 0 radical (unpaired) electrons. The first-order valence-corrected chi connectivity index (χ1v) is 14.4. The minimum absolute atomic E-state index is 0.0129. The molecule has 1 aliphatic heterocycles. The molecule has 0 aromatic rings. The van der Waals surface area contributed by atoms with Crippen LogP contribution in [0.3, 0.4) is 0 Å². The van der Waals surface area contributed by atoms with E-state index in [1.54, 1.807) is 0 Å². The largest absolute Gasteiger partial charge is 0.414 e. The molecule has 4 nitrogen and oxygen atoms in total. The molecule has 28 heavy (non-hydrogen) atoms. The predicted molar refractivity (Wildman–Crippen MR) is 118 cm³/mol. The van der Waals surface area contributed by atoms with E-state index in [4.69, 9.17) is 13.9 Å². The van der Waals surface area contributed by atoms with Gasteiger partial charge in [0, 0.05) is 19.3 Å². The van der Waals surface area contributed by atoms with Crippen molar-refractivity contribution in [1.29, 1.82) is 0 Å². The van der Waals surface area contributed by atoms with E-state index in [9.17, 15) is 5.11 Å². The minimum Gasteiger partial charge on any atom is -0.414 e. The quantitative estimate of drug-likeness (QED) is 0.241. The Labute approximate surface area is 174 Å². The molecule has 5 heteroatoms. The molecular weight excluding hydrogens is 368 g/mol. The topological polar surface area (TPSA) is 47.9 Å². The lowest BCUT2D eigenvalue weighted by molar-refractivity contribution is -0.161. The molecule has 0 aromatic carbocycles. The van der Waals surface area contributed by atoms with Crippen molar-refractivity contribution in [1.82, 2.24) is 0 Å². The molecule has 2 rings (SSSR count). The third-order valence-corrected chi connectivity index (χ3v) is 11.7. The van der Waals surface area contributed by atoms with Crippen LogP contribution in [0.25, 0.3) is 0 Å². The second-order valence-corrected chi connectivity index (χ2v) is 13.3. The fourth-order valence-corrected chi connectivity index (χ4v) is 7.86. The van der Waals surface area contributed by atoms with Gasteiger partial charge in [-0.2, -0.15) is 0 Å². The van der Waals surface area contributed by atoms with Crippen molar-refractivity contribution in [3.63, 3.8) is 0 Å². The van der Waals surface area contributed by atoms with Gasteiger partial charge in [-0.3, -0.25) is 0 Å². The molecule has 2 aliphatic rings. The number of allylic oxidation sites excluding steroid dienone is 1.